The lowest BCUT2D eigenvalue weighted by atomic mass is 10.2. The summed E-state index contributed by atoms with van der Waals surface area (Å²) in [5, 5.41) is 0. The normalized spacial score (nSPS) is 10.2. The first kappa shape index (κ1) is 17.9. The third-order valence-corrected chi connectivity index (χ3v) is 2.69. The number of carbonyl (C=O) groups excluding carboxylic acids is 3. The van der Waals surface area contributed by atoms with Gasteiger partial charge < -0.3 is 13.9 Å². The molecule has 25 heavy (non-hydrogen) atoms. The first-order valence-electron chi connectivity index (χ1n) is 6.80. The van der Waals surface area contributed by atoms with E-state index in [1.165, 1.54) is 36.6 Å². The summed E-state index contributed by atoms with van der Waals surface area (Å²) in [6.07, 6.45) is 1.28. The van der Waals surface area contributed by atoms with Gasteiger partial charge in [-0.15, -0.1) is 0 Å². The molecule has 0 aliphatic rings. The molecule has 2 rings (SSSR count). The van der Waals surface area contributed by atoms with E-state index in [2.05, 4.69) is 10.2 Å². The van der Waals surface area contributed by atoms with E-state index < -0.39 is 31.0 Å². The minimum Gasteiger partial charge on any atom is -0.459 e. The molecular weight excluding hydrogens is 342 g/mol. The van der Waals surface area contributed by atoms with Crippen LogP contribution in [0.25, 0.3) is 0 Å². The number of rotatable bonds is 6. The molecule has 0 atom stereocenters. The average Bonchev–Trinajstić information content (AvgIpc) is 3.11. The summed E-state index contributed by atoms with van der Waals surface area (Å²) in [6.45, 7) is -3.73. The summed E-state index contributed by atoms with van der Waals surface area (Å²) in [5.41, 5.74) is 3.99. The van der Waals surface area contributed by atoms with Crippen molar-refractivity contribution in [2.45, 2.75) is 6.61 Å². The molecule has 0 saturated carbocycles. The number of amides is 2. The lowest BCUT2D eigenvalue weighted by Gasteiger charge is -2.08. The number of nitrogens with one attached hydrogen (secondary N) is 2. The number of benzene rings is 1. The fraction of sp³-hybridized carbons (Fsp3) is 0.133. The van der Waals surface area contributed by atoms with Crippen LogP contribution in [0.5, 0.6) is 5.75 Å². The first-order chi connectivity index (χ1) is 12.0. The zero-order valence-corrected chi connectivity index (χ0v) is 12.5. The number of esters is 1. The lowest BCUT2D eigenvalue weighted by Crippen LogP contribution is -2.43. The van der Waals surface area contributed by atoms with Crippen LogP contribution in [0.1, 0.15) is 20.9 Å². The van der Waals surface area contributed by atoms with Crippen molar-refractivity contribution in [1.82, 2.24) is 10.9 Å². The van der Waals surface area contributed by atoms with Gasteiger partial charge in [0, 0.05) is 0 Å². The fourth-order valence-electron chi connectivity index (χ4n) is 1.65. The molecule has 0 fully saturated rings. The van der Waals surface area contributed by atoms with E-state index in [-0.39, 0.29) is 17.1 Å². The van der Waals surface area contributed by atoms with Gasteiger partial charge in [0.25, 0.3) is 5.91 Å². The van der Waals surface area contributed by atoms with Crippen LogP contribution in [0.15, 0.2) is 47.1 Å². The maximum absolute atomic E-state index is 12.1. The maximum Gasteiger partial charge on any atom is 0.387 e. The Morgan fingerprint density at radius 3 is 2.60 bits per heavy atom. The quantitative estimate of drug-likeness (QED) is 0.601. The molecule has 2 aromatic rings. The molecule has 0 bridgehead atoms. The van der Waals surface area contributed by atoms with Gasteiger partial charge in [-0.3, -0.25) is 20.4 Å². The van der Waals surface area contributed by atoms with Crippen LogP contribution < -0.4 is 15.6 Å². The van der Waals surface area contributed by atoms with Crippen LogP contribution in [-0.4, -0.2) is 31.0 Å². The molecule has 132 valence electrons. The third kappa shape index (κ3) is 5.61. The molecule has 1 heterocycles. The predicted molar refractivity (Wildman–Crippen MR) is 77.7 cm³/mol. The van der Waals surface area contributed by atoms with Crippen molar-refractivity contribution >= 4 is 17.8 Å². The Kier molecular flexibility index (Phi) is 6.04. The smallest absolute Gasteiger partial charge is 0.387 e. The molecule has 0 radical (unpaired) electrons. The van der Waals surface area contributed by atoms with Gasteiger partial charge in [-0.25, -0.2) is 4.79 Å². The molecule has 1 aromatic carbocycles. The van der Waals surface area contributed by atoms with Crippen molar-refractivity contribution in [3.8, 4) is 5.75 Å². The van der Waals surface area contributed by atoms with Crippen LogP contribution in [0, 0.1) is 0 Å². The molecule has 0 aliphatic carbocycles. The minimum atomic E-state index is -3.03. The fourth-order valence-corrected chi connectivity index (χ4v) is 1.65. The number of halogens is 2. The van der Waals surface area contributed by atoms with Crippen molar-refractivity contribution in [3.05, 3.63) is 54.0 Å². The standard InChI is InChI=1S/C15H12F2N2O6/c16-15(17)25-10-4-1-3-9(7-10)14(22)24-8-12(20)18-19-13(21)11-5-2-6-23-11/h1-7,15H,8H2,(H,18,20)(H,19,21). The Hall–Kier alpha value is -3.43. The summed E-state index contributed by atoms with van der Waals surface area (Å²) < 4.78 is 37.9. The van der Waals surface area contributed by atoms with Gasteiger partial charge in [-0.2, -0.15) is 8.78 Å². The molecule has 2 N–H and O–H groups in total. The predicted octanol–water partition coefficient (Wildman–Crippen LogP) is 1.50. The Morgan fingerprint density at radius 1 is 1.12 bits per heavy atom. The van der Waals surface area contributed by atoms with Gasteiger partial charge in [-0.05, 0) is 30.3 Å². The van der Waals surface area contributed by atoms with Crippen LogP contribution in [-0.2, 0) is 9.53 Å². The number of furan rings is 1. The zero-order valence-electron chi connectivity index (χ0n) is 12.5. The molecule has 0 unspecified atom stereocenters. The molecule has 10 heteroatoms. The Balaban J connectivity index is 1.79. The van der Waals surface area contributed by atoms with Crippen LogP contribution in [0.3, 0.4) is 0 Å². The van der Waals surface area contributed by atoms with Crippen molar-refractivity contribution in [2.24, 2.45) is 0 Å². The van der Waals surface area contributed by atoms with Crippen molar-refractivity contribution in [3.63, 3.8) is 0 Å². The van der Waals surface area contributed by atoms with Gasteiger partial charge in [0.05, 0.1) is 11.8 Å². The molecule has 2 amide bonds. The van der Waals surface area contributed by atoms with E-state index in [9.17, 15) is 23.2 Å². The van der Waals surface area contributed by atoms with Crippen LogP contribution >= 0.6 is 0 Å². The SMILES string of the molecule is O=C(COC(=O)c1cccc(OC(F)F)c1)NNC(=O)c1ccco1. The number of ether oxygens (including phenoxy) is 2. The summed E-state index contributed by atoms with van der Waals surface area (Å²) in [5.74, 6) is -2.67. The zero-order chi connectivity index (χ0) is 18.2. The second kappa shape index (κ2) is 8.43. The minimum absolute atomic E-state index is 0.0202. The summed E-state index contributed by atoms with van der Waals surface area (Å²) in [6, 6.07) is 7.78. The molecule has 0 spiro atoms. The second-order valence-electron chi connectivity index (χ2n) is 4.46. The lowest BCUT2D eigenvalue weighted by molar-refractivity contribution is -0.125. The molecule has 0 saturated heterocycles. The average molecular weight is 354 g/mol. The molecule has 0 aliphatic heterocycles. The third-order valence-electron chi connectivity index (χ3n) is 2.69. The van der Waals surface area contributed by atoms with Gasteiger partial charge in [0.1, 0.15) is 5.75 Å². The monoisotopic (exact) mass is 354 g/mol. The van der Waals surface area contributed by atoms with Crippen LogP contribution in [0.2, 0.25) is 0 Å². The van der Waals surface area contributed by atoms with Crippen LogP contribution in [0.4, 0.5) is 8.78 Å². The Labute approximate surface area is 139 Å². The van der Waals surface area contributed by atoms with Crippen molar-refractivity contribution in [2.75, 3.05) is 6.61 Å². The van der Waals surface area contributed by atoms with E-state index in [4.69, 9.17) is 9.15 Å². The summed E-state index contributed by atoms with van der Waals surface area (Å²) in [4.78, 5) is 34.8. The van der Waals surface area contributed by atoms with E-state index >= 15 is 0 Å². The van der Waals surface area contributed by atoms with E-state index in [0.717, 1.165) is 6.07 Å². The number of carbonyl (C=O) groups is 3. The Bertz CT molecular complexity index is 748. The highest BCUT2D eigenvalue weighted by molar-refractivity contribution is 5.94. The molecule has 8 nitrogen and oxygen atoms in total. The largest absolute Gasteiger partial charge is 0.459 e. The van der Waals surface area contributed by atoms with Gasteiger partial charge in [0.2, 0.25) is 0 Å². The van der Waals surface area contributed by atoms with Gasteiger partial charge in [-0.1, -0.05) is 6.07 Å². The summed E-state index contributed by atoms with van der Waals surface area (Å²) in [7, 11) is 0. The Morgan fingerprint density at radius 2 is 1.92 bits per heavy atom. The highest BCUT2D eigenvalue weighted by atomic mass is 19.3. The van der Waals surface area contributed by atoms with E-state index in [1.54, 1.807) is 0 Å². The second-order valence-corrected chi connectivity index (χ2v) is 4.46. The number of hydrogen-bond acceptors (Lipinski definition) is 6. The number of hydrogen-bond donors (Lipinski definition) is 2. The number of hydrazine groups is 1. The molecule has 1 aromatic heterocycles. The van der Waals surface area contributed by atoms with Gasteiger partial charge in [0.15, 0.2) is 12.4 Å². The topological polar surface area (TPSA) is 107 Å². The first-order valence-corrected chi connectivity index (χ1v) is 6.80. The number of alkyl halides is 2. The highest BCUT2D eigenvalue weighted by Crippen LogP contribution is 2.16. The maximum atomic E-state index is 12.1. The highest BCUT2D eigenvalue weighted by Gasteiger charge is 2.14. The van der Waals surface area contributed by atoms with Crippen molar-refractivity contribution in [1.29, 1.82) is 0 Å². The summed E-state index contributed by atoms with van der Waals surface area (Å²) >= 11 is 0. The van der Waals surface area contributed by atoms with E-state index in [0.29, 0.717) is 0 Å². The molecular formula is C15H12F2N2O6. The van der Waals surface area contributed by atoms with Crippen molar-refractivity contribution < 1.29 is 37.1 Å². The van der Waals surface area contributed by atoms with E-state index in [1.807, 2.05) is 5.43 Å². The van der Waals surface area contributed by atoms with Gasteiger partial charge >= 0.3 is 18.5 Å².